The van der Waals surface area contributed by atoms with Crippen LogP contribution in [0.5, 0.6) is 0 Å². The largest absolute Gasteiger partial charge is 0.355 e. The van der Waals surface area contributed by atoms with Gasteiger partial charge in [0.2, 0.25) is 5.91 Å². The van der Waals surface area contributed by atoms with Crippen LogP contribution in [0, 0.1) is 5.92 Å². The number of nitrogens with one attached hydrogen (secondary N) is 2. The standard InChI is InChI=1S/C20H30N2O.ClH/c1-19(2,3)16-5-7-17(8-6-16)20(10-4-11-20)14-22-18(23)15-9-12-21-13-15;/h5-8,15,21H,4,9-14H2,1-3H3,(H,22,23);1H. The smallest absolute Gasteiger partial charge is 0.224 e. The SMILES string of the molecule is CC(C)(C)c1ccc(C2(CNC(=O)C3CCNC3)CCC2)cc1.Cl. The minimum absolute atomic E-state index is 0. The van der Waals surface area contributed by atoms with Crippen LogP contribution in [-0.2, 0) is 15.6 Å². The summed E-state index contributed by atoms with van der Waals surface area (Å²) in [5, 5.41) is 6.50. The maximum absolute atomic E-state index is 12.3. The van der Waals surface area contributed by atoms with E-state index in [0.29, 0.717) is 0 Å². The highest BCUT2D eigenvalue weighted by Crippen LogP contribution is 2.43. The summed E-state index contributed by atoms with van der Waals surface area (Å²) < 4.78 is 0. The van der Waals surface area contributed by atoms with Gasteiger partial charge in [-0.25, -0.2) is 0 Å². The molecule has 3 nitrogen and oxygen atoms in total. The van der Waals surface area contributed by atoms with E-state index in [-0.39, 0.29) is 35.1 Å². The summed E-state index contributed by atoms with van der Waals surface area (Å²) in [6.45, 7) is 9.33. The highest BCUT2D eigenvalue weighted by atomic mass is 35.5. The minimum atomic E-state index is 0. The van der Waals surface area contributed by atoms with Crippen LogP contribution < -0.4 is 10.6 Å². The van der Waals surface area contributed by atoms with E-state index in [1.54, 1.807) is 0 Å². The van der Waals surface area contributed by atoms with Gasteiger partial charge in [0.05, 0.1) is 5.92 Å². The highest BCUT2D eigenvalue weighted by molar-refractivity contribution is 5.85. The van der Waals surface area contributed by atoms with Crippen molar-refractivity contribution in [2.24, 2.45) is 5.92 Å². The molecule has 1 amide bonds. The summed E-state index contributed by atoms with van der Waals surface area (Å²) in [5.41, 5.74) is 3.12. The van der Waals surface area contributed by atoms with Gasteiger partial charge in [-0.1, -0.05) is 51.5 Å². The first kappa shape index (κ1) is 19.3. The molecule has 1 saturated heterocycles. The average Bonchev–Trinajstić information content (AvgIpc) is 3.00. The number of halogens is 1. The molecule has 0 radical (unpaired) electrons. The van der Waals surface area contributed by atoms with E-state index in [9.17, 15) is 4.79 Å². The first-order valence-electron chi connectivity index (χ1n) is 9.00. The summed E-state index contributed by atoms with van der Waals surface area (Å²) in [4.78, 5) is 12.3. The molecule has 0 bridgehead atoms. The zero-order valence-corrected chi connectivity index (χ0v) is 16.0. The number of rotatable bonds is 4. The fourth-order valence-electron chi connectivity index (χ4n) is 3.77. The Labute approximate surface area is 152 Å². The lowest BCUT2D eigenvalue weighted by atomic mass is 9.64. The van der Waals surface area contributed by atoms with Crippen molar-refractivity contribution in [2.75, 3.05) is 19.6 Å². The Balaban J connectivity index is 0.00000208. The van der Waals surface area contributed by atoms with Crippen LogP contribution in [0.2, 0.25) is 0 Å². The Kier molecular flexibility index (Phi) is 5.98. The van der Waals surface area contributed by atoms with Crippen LogP contribution in [0.1, 0.15) is 57.6 Å². The Hall–Kier alpha value is -1.06. The van der Waals surface area contributed by atoms with Gasteiger partial charge in [-0.2, -0.15) is 0 Å². The van der Waals surface area contributed by atoms with Crippen molar-refractivity contribution in [3.05, 3.63) is 35.4 Å². The molecule has 1 aromatic carbocycles. The molecule has 1 aromatic rings. The molecule has 0 spiro atoms. The molecule has 0 aromatic heterocycles. The number of hydrogen-bond acceptors (Lipinski definition) is 2. The lowest BCUT2D eigenvalue weighted by Gasteiger charge is -2.43. The van der Waals surface area contributed by atoms with Gasteiger partial charge < -0.3 is 10.6 Å². The van der Waals surface area contributed by atoms with Crippen molar-refractivity contribution >= 4 is 18.3 Å². The van der Waals surface area contributed by atoms with E-state index >= 15 is 0 Å². The van der Waals surface area contributed by atoms with Crippen LogP contribution >= 0.6 is 12.4 Å². The van der Waals surface area contributed by atoms with E-state index in [4.69, 9.17) is 0 Å². The fraction of sp³-hybridized carbons (Fsp3) is 0.650. The zero-order chi connectivity index (χ0) is 16.5. The van der Waals surface area contributed by atoms with Crippen molar-refractivity contribution in [3.63, 3.8) is 0 Å². The van der Waals surface area contributed by atoms with Crippen molar-refractivity contribution in [2.45, 2.75) is 57.3 Å². The van der Waals surface area contributed by atoms with Crippen LogP contribution in [0.25, 0.3) is 0 Å². The fourth-order valence-corrected chi connectivity index (χ4v) is 3.77. The number of carbonyl (C=O) groups excluding carboxylic acids is 1. The second kappa shape index (κ2) is 7.45. The molecule has 3 rings (SSSR count). The van der Waals surface area contributed by atoms with Crippen molar-refractivity contribution in [1.82, 2.24) is 10.6 Å². The second-order valence-corrected chi connectivity index (χ2v) is 8.37. The Morgan fingerprint density at radius 2 is 1.92 bits per heavy atom. The van der Waals surface area contributed by atoms with Gasteiger partial charge in [0.25, 0.3) is 0 Å². The first-order chi connectivity index (χ1) is 10.9. The Bertz CT molecular complexity index is 552. The summed E-state index contributed by atoms with van der Waals surface area (Å²) in [6.07, 6.45) is 4.61. The normalized spacial score (nSPS) is 22.4. The van der Waals surface area contributed by atoms with Crippen molar-refractivity contribution < 1.29 is 4.79 Å². The molecule has 1 atom stereocenters. The third kappa shape index (κ3) is 3.94. The molecular weight excluding hydrogens is 320 g/mol. The van der Waals surface area contributed by atoms with Crippen LogP contribution in [-0.4, -0.2) is 25.5 Å². The molecule has 4 heteroatoms. The third-order valence-electron chi connectivity index (χ3n) is 5.71. The molecule has 1 saturated carbocycles. The molecule has 1 heterocycles. The Morgan fingerprint density at radius 1 is 1.25 bits per heavy atom. The van der Waals surface area contributed by atoms with Crippen LogP contribution in [0.15, 0.2) is 24.3 Å². The van der Waals surface area contributed by atoms with E-state index in [1.165, 1.54) is 30.4 Å². The summed E-state index contributed by atoms with van der Waals surface area (Å²) in [7, 11) is 0. The third-order valence-corrected chi connectivity index (χ3v) is 5.71. The Morgan fingerprint density at radius 3 is 2.38 bits per heavy atom. The maximum Gasteiger partial charge on any atom is 0.224 e. The predicted octanol–water partition coefficient (Wildman–Crippen LogP) is 3.55. The van der Waals surface area contributed by atoms with Gasteiger partial charge in [0, 0.05) is 18.5 Å². The minimum Gasteiger partial charge on any atom is -0.355 e. The van der Waals surface area contributed by atoms with Gasteiger partial charge in [-0.15, -0.1) is 12.4 Å². The summed E-state index contributed by atoms with van der Waals surface area (Å²) >= 11 is 0. The number of benzene rings is 1. The second-order valence-electron chi connectivity index (χ2n) is 8.37. The van der Waals surface area contributed by atoms with E-state index in [0.717, 1.165) is 26.1 Å². The maximum atomic E-state index is 12.3. The summed E-state index contributed by atoms with van der Waals surface area (Å²) in [5.74, 6) is 0.392. The van der Waals surface area contributed by atoms with Gasteiger partial charge in [0.1, 0.15) is 0 Å². The topological polar surface area (TPSA) is 41.1 Å². The lowest BCUT2D eigenvalue weighted by molar-refractivity contribution is -0.124. The molecule has 1 aliphatic carbocycles. The molecule has 134 valence electrons. The quantitative estimate of drug-likeness (QED) is 0.871. The molecule has 2 aliphatic rings. The molecule has 2 N–H and O–H groups in total. The average molecular weight is 351 g/mol. The first-order valence-corrected chi connectivity index (χ1v) is 9.00. The monoisotopic (exact) mass is 350 g/mol. The predicted molar refractivity (Wildman–Crippen MR) is 102 cm³/mol. The highest BCUT2D eigenvalue weighted by Gasteiger charge is 2.39. The van der Waals surface area contributed by atoms with E-state index < -0.39 is 0 Å². The number of carbonyl (C=O) groups is 1. The van der Waals surface area contributed by atoms with Crippen molar-refractivity contribution in [3.8, 4) is 0 Å². The molecule has 24 heavy (non-hydrogen) atoms. The molecule has 1 aliphatic heterocycles. The molecule has 1 unspecified atom stereocenters. The van der Waals surface area contributed by atoms with E-state index in [1.807, 2.05) is 0 Å². The lowest BCUT2D eigenvalue weighted by Crippen LogP contribution is -2.47. The van der Waals surface area contributed by atoms with Gasteiger partial charge >= 0.3 is 0 Å². The van der Waals surface area contributed by atoms with Gasteiger partial charge in [0.15, 0.2) is 0 Å². The van der Waals surface area contributed by atoms with Crippen molar-refractivity contribution in [1.29, 1.82) is 0 Å². The van der Waals surface area contributed by atoms with Crippen LogP contribution in [0.3, 0.4) is 0 Å². The molecule has 2 fully saturated rings. The zero-order valence-electron chi connectivity index (χ0n) is 15.2. The van der Waals surface area contributed by atoms with Gasteiger partial charge in [-0.3, -0.25) is 4.79 Å². The van der Waals surface area contributed by atoms with Gasteiger partial charge in [-0.05, 0) is 42.3 Å². The number of amides is 1. The van der Waals surface area contributed by atoms with E-state index in [2.05, 4.69) is 55.7 Å². The number of hydrogen-bond donors (Lipinski definition) is 2. The summed E-state index contributed by atoms with van der Waals surface area (Å²) in [6, 6.07) is 9.09. The van der Waals surface area contributed by atoms with Crippen LogP contribution in [0.4, 0.5) is 0 Å². The molecular formula is C20H31ClN2O.